The first-order valence-electron chi connectivity index (χ1n) is 6.70. The van der Waals surface area contributed by atoms with Crippen LogP contribution in [0, 0.1) is 0 Å². The molecule has 0 radical (unpaired) electrons. The van der Waals surface area contributed by atoms with Crippen LogP contribution in [0.25, 0.3) is 0 Å². The highest BCUT2D eigenvalue weighted by Crippen LogP contribution is 2.51. The fourth-order valence-electron chi connectivity index (χ4n) is 3.32. The molecule has 0 bridgehead atoms. The van der Waals surface area contributed by atoms with Crippen molar-refractivity contribution in [3.8, 4) is 0 Å². The Hall–Kier alpha value is -0.860. The molecule has 0 heterocycles. The molecule has 0 unspecified atom stereocenters. The predicted octanol–water partition coefficient (Wildman–Crippen LogP) is 2.44. The summed E-state index contributed by atoms with van der Waals surface area (Å²) in [7, 11) is 0. The Morgan fingerprint density at radius 1 is 1.00 bits per heavy atom. The van der Waals surface area contributed by atoms with E-state index in [1.54, 1.807) is 0 Å². The molecule has 1 aromatic rings. The molecule has 2 aliphatic rings. The van der Waals surface area contributed by atoms with Crippen molar-refractivity contribution in [1.82, 2.24) is 0 Å². The standard InChI is InChI=1S/C15H21NO/c16-15(7-3-4-8-15)13-6-2-1-5-12(13)14(11-17)9-10-14/h1-2,5-6,17H,3-4,7-11,16H2. The minimum absolute atomic E-state index is 0.0333. The molecule has 0 aliphatic heterocycles. The number of aliphatic hydroxyl groups excluding tert-OH is 1. The Balaban J connectivity index is 2.05. The fraction of sp³-hybridized carbons (Fsp3) is 0.600. The third-order valence-corrected chi connectivity index (χ3v) is 4.69. The van der Waals surface area contributed by atoms with E-state index >= 15 is 0 Å². The average Bonchev–Trinajstić information content (AvgIpc) is 3.05. The molecule has 2 saturated carbocycles. The number of aliphatic hydroxyl groups is 1. The van der Waals surface area contributed by atoms with Crippen LogP contribution in [0.1, 0.15) is 49.7 Å². The molecule has 3 N–H and O–H groups in total. The van der Waals surface area contributed by atoms with Crippen molar-refractivity contribution in [3.63, 3.8) is 0 Å². The highest BCUT2D eigenvalue weighted by Gasteiger charge is 2.47. The van der Waals surface area contributed by atoms with E-state index in [4.69, 9.17) is 5.73 Å². The number of benzene rings is 1. The zero-order valence-corrected chi connectivity index (χ0v) is 10.3. The Kier molecular flexibility index (Phi) is 2.53. The summed E-state index contributed by atoms with van der Waals surface area (Å²) >= 11 is 0. The molecule has 0 atom stereocenters. The third-order valence-electron chi connectivity index (χ3n) is 4.69. The smallest absolute Gasteiger partial charge is 0.0528 e. The van der Waals surface area contributed by atoms with E-state index < -0.39 is 0 Å². The van der Waals surface area contributed by atoms with Crippen LogP contribution in [0.2, 0.25) is 0 Å². The summed E-state index contributed by atoms with van der Waals surface area (Å²) in [5.74, 6) is 0. The molecular formula is C15H21NO. The van der Waals surface area contributed by atoms with Crippen molar-refractivity contribution in [3.05, 3.63) is 35.4 Å². The zero-order chi connectivity index (χ0) is 11.9. The van der Waals surface area contributed by atoms with Crippen LogP contribution < -0.4 is 5.73 Å². The Morgan fingerprint density at radius 2 is 1.59 bits per heavy atom. The first-order chi connectivity index (χ1) is 8.20. The van der Waals surface area contributed by atoms with Gasteiger partial charge in [0, 0.05) is 11.0 Å². The fourth-order valence-corrected chi connectivity index (χ4v) is 3.32. The van der Waals surface area contributed by atoms with E-state index in [0.717, 1.165) is 25.7 Å². The molecule has 3 rings (SSSR count). The van der Waals surface area contributed by atoms with Gasteiger partial charge in [-0.25, -0.2) is 0 Å². The molecule has 0 saturated heterocycles. The van der Waals surface area contributed by atoms with Gasteiger partial charge in [-0.15, -0.1) is 0 Å². The molecule has 17 heavy (non-hydrogen) atoms. The van der Waals surface area contributed by atoms with E-state index in [2.05, 4.69) is 24.3 Å². The largest absolute Gasteiger partial charge is 0.395 e. The monoisotopic (exact) mass is 231 g/mol. The second-order valence-corrected chi connectivity index (χ2v) is 5.85. The lowest BCUT2D eigenvalue weighted by atomic mass is 9.80. The van der Waals surface area contributed by atoms with E-state index in [0.29, 0.717) is 0 Å². The summed E-state index contributed by atoms with van der Waals surface area (Å²) < 4.78 is 0. The molecule has 2 aliphatic carbocycles. The first-order valence-corrected chi connectivity index (χ1v) is 6.70. The van der Waals surface area contributed by atoms with Gasteiger partial charge in [0.15, 0.2) is 0 Å². The van der Waals surface area contributed by atoms with Crippen LogP contribution in [0.5, 0.6) is 0 Å². The summed E-state index contributed by atoms with van der Waals surface area (Å²) in [5.41, 5.74) is 9.08. The Bertz CT molecular complexity index is 417. The van der Waals surface area contributed by atoms with Crippen LogP contribution in [-0.4, -0.2) is 11.7 Å². The van der Waals surface area contributed by atoms with Crippen LogP contribution in [0.3, 0.4) is 0 Å². The van der Waals surface area contributed by atoms with Crippen molar-refractivity contribution in [1.29, 1.82) is 0 Å². The maximum absolute atomic E-state index is 9.62. The van der Waals surface area contributed by atoms with E-state index in [1.165, 1.54) is 24.0 Å². The van der Waals surface area contributed by atoms with Gasteiger partial charge in [0.2, 0.25) is 0 Å². The van der Waals surface area contributed by atoms with Gasteiger partial charge in [-0.05, 0) is 36.8 Å². The lowest BCUT2D eigenvalue weighted by Crippen LogP contribution is -2.35. The Labute approximate surface area is 103 Å². The van der Waals surface area contributed by atoms with Crippen molar-refractivity contribution in [2.24, 2.45) is 5.73 Å². The molecule has 0 spiro atoms. The van der Waals surface area contributed by atoms with Gasteiger partial charge in [0.1, 0.15) is 0 Å². The molecule has 1 aromatic carbocycles. The van der Waals surface area contributed by atoms with Gasteiger partial charge >= 0.3 is 0 Å². The van der Waals surface area contributed by atoms with Gasteiger partial charge < -0.3 is 10.8 Å². The second kappa shape index (κ2) is 3.82. The maximum Gasteiger partial charge on any atom is 0.0528 e. The molecule has 2 fully saturated rings. The highest BCUT2D eigenvalue weighted by atomic mass is 16.3. The summed E-state index contributed by atoms with van der Waals surface area (Å²) in [6, 6.07) is 8.51. The van der Waals surface area contributed by atoms with Crippen molar-refractivity contribution < 1.29 is 5.11 Å². The third kappa shape index (κ3) is 1.71. The van der Waals surface area contributed by atoms with Gasteiger partial charge in [-0.1, -0.05) is 37.1 Å². The highest BCUT2D eigenvalue weighted by molar-refractivity contribution is 5.43. The average molecular weight is 231 g/mol. The first kappa shape index (κ1) is 11.2. The summed E-state index contributed by atoms with van der Waals surface area (Å²) in [5, 5.41) is 9.62. The molecule has 2 nitrogen and oxygen atoms in total. The zero-order valence-electron chi connectivity index (χ0n) is 10.3. The van der Waals surface area contributed by atoms with E-state index in [9.17, 15) is 5.11 Å². The SMILES string of the molecule is NC1(c2ccccc2C2(CO)CC2)CCCC1. The van der Waals surface area contributed by atoms with Crippen LogP contribution in [0.4, 0.5) is 0 Å². The lowest BCUT2D eigenvalue weighted by Gasteiger charge is -2.29. The van der Waals surface area contributed by atoms with Gasteiger partial charge in [0.05, 0.1) is 6.61 Å². The molecule has 0 aromatic heterocycles. The van der Waals surface area contributed by atoms with Crippen LogP contribution in [-0.2, 0) is 11.0 Å². The van der Waals surface area contributed by atoms with Crippen LogP contribution >= 0.6 is 0 Å². The minimum Gasteiger partial charge on any atom is -0.395 e. The number of rotatable bonds is 3. The Morgan fingerprint density at radius 3 is 2.12 bits per heavy atom. The predicted molar refractivity (Wildman–Crippen MR) is 68.8 cm³/mol. The van der Waals surface area contributed by atoms with Crippen molar-refractivity contribution in [2.45, 2.75) is 49.5 Å². The van der Waals surface area contributed by atoms with Gasteiger partial charge in [0.25, 0.3) is 0 Å². The van der Waals surface area contributed by atoms with Crippen molar-refractivity contribution in [2.75, 3.05) is 6.61 Å². The normalized spacial score (nSPS) is 24.8. The van der Waals surface area contributed by atoms with Gasteiger partial charge in [-0.2, -0.15) is 0 Å². The lowest BCUT2D eigenvalue weighted by molar-refractivity contribution is 0.253. The topological polar surface area (TPSA) is 46.2 Å². The number of hydrogen-bond acceptors (Lipinski definition) is 2. The van der Waals surface area contributed by atoms with E-state index in [-0.39, 0.29) is 17.6 Å². The maximum atomic E-state index is 9.62. The van der Waals surface area contributed by atoms with E-state index in [1.807, 2.05) is 0 Å². The molecule has 0 amide bonds. The molecule has 92 valence electrons. The summed E-state index contributed by atoms with van der Waals surface area (Å²) in [4.78, 5) is 0. The molecule has 2 heteroatoms. The summed E-state index contributed by atoms with van der Waals surface area (Å²) in [6.45, 7) is 0.264. The number of hydrogen-bond donors (Lipinski definition) is 2. The quantitative estimate of drug-likeness (QED) is 0.839. The second-order valence-electron chi connectivity index (χ2n) is 5.85. The summed E-state index contributed by atoms with van der Waals surface area (Å²) in [6.07, 6.45) is 6.86. The van der Waals surface area contributed by atoms with Crippen LogP contribution in [0.15, 0.2) is 24.3 Å². The minimum atomic E-state index is -0.138. The number of nitrogens with two attached hydrogens (primary N) is 1. The van der Waals surface area contributed by atoms with Crippen molar-refractivity contribution >= 4 is 0 Å². The van der Waals surface area contributed by atoms with Gasteiger partial charge in [-0.3, -0.25) is 0 Å². The molecular weight excluding hydrogens is 210 g/mol.